The number of aryl methyl sites for hydroxylation is 1. The lowest BCUT2D eigenvalue weighted by Gasteiger charge is -2.16. The summed E-state index contributed by atoms with van der Waals surface area (Å²) in [5.74, 6) is -0.107. The Morgan fingerprint density at radius 1 is 1.44 bits per heavy atom. The maximum atomic E-state index is 11.7. The highest BCUT2D eigenvalue weighted by Gasteiger charge is 2.17. The second-order valence-electron chi connectivity index (χ2n) is 4.24. The quantitative estimate of drug-likeness (QED) is 0.853. The van der Waals surface area contributed by atoms with Crippen molar-refractivity contribution in [2.24, 2.45) is 11.7 Å². The van der Waals surface area contributed by atoms with E-state index in [1.54, 1.807) is 12.1 Å². The third-order valence-electron chi connectivity index (χ3n) is 2.40. The van der Waals surface area contributed by atoms with Gasteiger partial charge in [0.2, 0.25) is 5.91 Å². The zero-order valence-electron chi connectivity index (χ0n) is 9.75. The lowest BCUT2D eigenvalue weighted by molar-refractivity contribution is -0.118. The Bertz CT molecular complexity index is 391. The first-order chi connectivity index (χ1) is 7.41. The average molecular weight is 241 g/mol. The molecule has 1 aromatic rings. The molecule has 0 unspecified atom stereocenters. The molecule has 0 radical (unpaired) electrons. The van der Waals surface area contributed by atoms with Gasteiger partial charge < -0.3 is 11.1 Å². The summed E-state index contributed by atoms with van der Waals surface area (Å²) in [6.45, 7) is 5.75. The Morgan fingerprint density at radius 3 is 2.56 bits per heavy atom. The van der Waals surface area contributed by atoms with Gasteiger partial charge in [-0.3, -0.25) is 4.79 Å². The van der Waals surface area contributed by atoms with Crippen molar-refractivity contribution in [3.05, 3.63) is 28.8 Å². The van der Waals surface area contributed by atoms with Gasteiger partial charge in [-0.2, -0.15) is 0 Å². The van der Waals surface area contributed by atoms with Gasteiger partial charge >= 0.3 is 0 Å². The summed E-state index contributed by atoms with van der Waals surface area (Å²) in [6.07, 6.45) is 0. The van der Waals surface area contributed by atoms with Gasteiger partial charge in [0.1, 0.15) is 0 Å². The van der Waals surface area contributed by atoms with Gasteiger partial charge in [-0.1, -0.05) is 31.5 Å². The molecule has 88 valence electrons. The average Bonchev–Trinajstić information content (AvgIpc) is 2.20. The van der Waals surface area contributed by atoms with Crippen LogP contribution in [0.3, 0.4) is 0 Å². The molecule has 0 aliphatic heterocycles. The van der Waals surface area contributed by atoms with Gasteiger partial charge in [-0.25, -0.2) is 0 Å². The SMILES string of the molecule is Cc1ccc(NC(=O)[C@H](N)C(C)C)c(Cl)c1. The zero-order chi connectivity index (χ0) is 12.3. The lowest BCUT2D eigenvalue weighted by atomic mass is 10.0. The molecule has 3 N–H and O–H groups in total. The van der Waals surface area contributed by atoms with Crippen LogP contribution in [-0.2, 0) is 4.79 Å². The summed E-state index contributed by atoms with van der Waals surface area (Å²) < 4.78 is 0. The fourth-order valence-corrected chi connectivity index (χ4v) is 1.52. The first-order valence-corrected chi connectivity index (χ1v) is 5.62. The van der Waals surface area contributed by atoms with Crippen LogP contribution in [0.2, 0.25) is 5.02 Å². The van der Waals surface area contributed by atoms with E-state index in [0.29, 0.717) is 10.7 Å². The summed E-state index contributed by atoms with van der Waals surface area (Å²) in [6, 6.07) is 4.96. The topological polar surface area (TPSA) is 55.1 Å². The Labute approximate surface area is 101 Å². The Hall–Kier alpha value is -1.06. The molecule has 1 atom stereocenters. The van der Waals surface area contributed by atoms with Crippen LogP contribution in [0.4, 0.5) is 5.69 Å². The van der Waals surface area contributed by atoms with Gasteiger partial charge in [0.25, 0.3) is 0 Å². The van der Waals surface area contributed by atoms with E-state index in [-0.39, 0.29) is 11.8 Å². The van der Waals surface area contributed by atoms with Crippen molar-refractivity contribution in [2.45, 2.75) is 26.8 Å². The third kappa shape index (κ3) is 3.22. The molecule has 3 nitrogen and oxygen atoms in total. The first kappa shape index (κ1) is 13.0. The highest BCUT2D eigenvalue weighted by molar-refractivity contribution is 6.33. The van der Waals surface area contributed by atoms with E-state index in [9.17, 15) is 4.79 Å². The second-order valence-corrected chi connectivity index (χ2v) is 4.65. The molecule has 1 aromatic carbocycles. The number of hydrogen-bond donors (Lipinski definition) is 2. The predicted octanol–water partition coefficient (Wildman–Crippen LogP) is 2.57. The maximum Gasteiger partial charge on any atom is 0.241 e. The monoisotopic (exact) mass is 240 g/mol. The summed E-state index contributed by atoms with van der Waals surface area (Å²) in [4.78, 5) is 11.7. The van der Waals surface area contributed by atoms with Crippen LogP contribution < -0.4 is 11.1 Å². The molecule has 1 amide bonds. The molecule has 0 aliphatic rings. The highest BCUT2D eigenvalue weighted by Crippen LogP contribution is 2.22. The fourth-order valence-electron chi connectivity index (χ4n) is 1.24. The number of amides is 1. The predicted molar refractivity (Wildman–Crippen MR) is 67.6 cm³/mol. The molecule has 0 saturated carbocycles. The van der Waals surface area contributed by atoms with Crippen LogP contribution in [0.1, 0.15) is 19.4 Å². The van der Waals surface area contributed by atoms with Crippen LogP contribution in [0.5, 0.6) is 0 Å². The number of nitrogens with one attached hydrogen (secondary N) is 1. The van der Waals surface area contributed by atoms with Gasteiger partial charge in [0, 0.05) is 0 Å². The smallest absolute Gasteiger partial charge is 0.241 e. The van der Waals surface area contributed by atoms with Crippen molar-refractivity contribution >= 4 is 23.2 Å². The van der Waals surface area contributed by atoms with Gasteiger partial charge in [0.15, 0.2) is 0 Å². The van der Waals surface area contributed by atoms with E-state index < -0.39 is 6.04 Å². The molecule has 0 aliphatic carbocycles. The number of halogens is 1. The Kier molecular flexibility index (Phi) is 4.33. The number of carbonyl (C=O) groups is 1. The minimum Gasteiger partial charge on any atom is -0.323 e. The van der Waals surface area contributed by atoms with E-state index in [4.69, 9.17) is 17.3 Å². The molecule has 16 heavy (non-hydrogen) atoms. The molecule has 0 saturated heterocycles. The minimum atomic E-state index is -0.516. The van der Waals surface area contributed by atoms with E-state index in [0.717, 1.165) is 5.56 Å². The van der Waals surface area contributed by atoms with Crippen LogP contribution in [0, 0.1) is 12.8 Å². The van der Waals surface area contributed by atoms with Crippen LogP contribution >= 0.6 is 11.6 Å². The van der Waals surface area contributed by atoms with Crippen LogP contribution in [-0.4, -0.2) is 11.9 Å². The van der Waals surface area contributed by atoms with Crippen LogP contribution in [0.15, 0.2) is 18.2 Å². The van der Waals surface area contributed by atoms with Gasteiger partial charge in [-0.05, 0) is 30.5 Å². The standard InChI is InChI=1S/C12H17ClN2O/c1-7(2)11(14)12(16)15-10-5-4-8(3)6-9(10)13/h4-7,11H,14H2,1-3H3,(H,15,16)/t11-/m1/s1. The molecule has 4 heteroatoms. The van der Waals surface area contributed by atoms with Crippen molar-refractivity contribution in [2.75, 3.05) is 5.32 Å². The molecule has 1 rings (SSSR count). The van der Waals surface area contributed by atoms with Crippen molar-refractivity contribution in [3.63, 3.8) is 0 Å². The van der Waals surface area contributed by atoms with E-state index in [1.165, 1.54) is 0 Å². The highest BCUT2D eigenvalue weighted by atomic mass is 35.5. The summed E-state index contributed by atoms with van der Waals surface area (Å²) in [7, 11) is 0. The first-order valence-electron chi connectivity index (χ1n) is 5.24. The van der Waals surface area contributed by atoms with Gasteiger partial charge in [-0.15, -0.1) is 0 Å². The minimum absolute atomic E-state index is 0.101. The molecule has 0 spiro atoms. The molecule has 0 fully saturated rings. The maximum absolute atomic E-state index is 11.7. The van der Waals surface area contributed by atoms with Crippen molar-refractivity contribution < 1.29 is 4.79 Å². The summed E-state index contributed by atoms with van der Waals surface area (Å²) in [5.41, 5.74) is 7.39. The molecule has 0 heterocycles. The largest absolute Gasteiger partial charge is 0.323 e. The van der Waals surface area contributed by atoms with Crippen molar-refractivity contribution in [1.82, 2.24) is 0 Å². The number of benzene rings is 1. The number of nitrogens with two attached hydrogens (primary N) is 1. The van der Waals surface area contributed by atoms with Crippen LogP contribution in [0.25, 0.3) is 0 Å². The zero-order valence-corrected chi connectivity index (χ0v) is 10.5. The molecular weight excluding hydrogens is 224 g/mol. The molecule has 0 aromatic heterocycles. The fraction of sp³-hybridized carbons (Fsp3) is 0.417. The van der Waals surface area contributed by atoms with E-state index in [1.807, 2.05) is 26.8 Å². The summed E-state index contributed by atoms with van der Waals surface area (Å²) in [5, 5.41) is 3.25. The summed E-state index contributed by atoms with van der Waals surface area (Å²) >= 11 is 6.00. The van der Waals surface area contributed by atoms with Crippen molar-refractivity contribution in [3.8, 4) is 0 Å². The Balaban J connectivity index is 2.77. The van der Waals surface area contributed by atoms with E-state index >= 15 is 0 Å². The Morgan fingerprint density at radius 2 is 2.06 bits per heavy atom. The number of hydrogen-bond acceptors (Lipinski definition) is 2. The normalized spacial score (nSPS) is 12.6. The third-order valence-corrected chi connectivity index (χ3v) is 2.72. The van der Waals surface area contributed by atoms with Gasteiger partial charge in [0.05, 0.1) is 16.8 Å². The second kappa shape index (κ2) is 5.32. The lowest BCUT2D eigenvalue weighted by Crippen LogP contribution is -2.39. The molecular formula is C12H17ClN2O. The number of anilines is 1. The molecule has 0 bridgehead atoms. The number of rotatable bonds is 3. The van der Waals surface area contributed by atoms with E-state index in [2.05, 4.69) is 5.32 Å². The van der Waals surface area contributed by atoms with Crippen molar-refractivity contribution in [1.29, 1.82) is 0 Å². The number of carbonyl (C=O) groups excluding carboxylic acids is 1.